The molecule has 0 saturated carbocycles. The first-order valence-corrected chi connectivity index (χ1v) is 5.30. The number of anilines is 1. The van der Waals surface area contributed by atoms with Crippen molar-refractivity contribution in [3.05, 3.63) is 23.6 Å². The van der Waals surface area contributed by atoms with Gasteiger partial charge in [0.15, 0.2) is 16.7 Å². The maximum atomic E-state index is 13.4. The van der Waals surface area contributed by atoms with E-state index in [1.165, 1.54) is 12.3 Å². The summed E-state index contributed by atoms with van der Waals surface area (Å²) in [5.41, 5.74) is 0.692. The molecule has 0 saturated heterocycles. The van der Waals surface area contributed by atoms with Crippen molar-refractivity contribution in [2.75, 3.05) is 11.9 Å². The van der Waals surface area contributed by atoms with E-state index < -0.39 is 11.9 Å². The predicted octanol–water partition coefficient (Wildman–Crippen LogP) is 1.97. The van der Waals surface area contributed by atoms with Crippen molar-refractivity contribution >= 4 is 29.2 Å². The Morgan fingerprint density at radius 2 is 2.35 bits per heavy atom. The van der Waals surface area contributed by atoms with E-state index in [9.17, 15) is 9.18 Å². The van der Waals surface area contributed by atoms with Crippen molar-refractivity contribution in [1.82, 2.24) is 10.3 Å². The van der Waals surface area contributed by atoms with Gasteiger partial charge in [-0.05, 0) is 37.7 Å². The van der Waals surface area contributed by atoms with Crippen LogP contribution in [0.1, 0.15) is 12.5 Å². The van der Waals surface area contributed by atoms with Crippen LogP contribution in [-0.2, 0) is 4.74 Å². The molecule has 17 heavy (non-hydrogen) atoms. The summed E-state index contributed by atoms with van der Waals surface area (Å²) in [6, 6.07) is 1.31. The van der Waals surface area contributed by atoms with Crippen molar-refractivity contribution in [2.45, 2.75) is 13.8 Å². The maximum Gasteiger partial charge on any atom is 0.413 e. The highest BCUT2D eigenvalue weighted by molar-refractivity contribution is 7.80. The zero-order valence-electron chi connectivity index (χ0n) is 9.41. The third kappa shape index (κ3) is 4.31. The Hall–Kier alpha value is -1.76. The average molecular weight is 257 g/mol. The summed E-state index contributed by atoms with van der Waals surface area (Å²) in [6.07, 6.45) is 0.788. The van der Waals surface area contributed by atoms with Crippen molar-refractivity contribution in [1.29, 1.82) is 0 Å². The molecule has 0 aliphatic heterocycles. The van der Waals surface area contributed by atoms with Crippen molar-refractivity contribution in [3.8, 4) is 0 Å². The van der Waals surface area contributed by atoms with Crippen LogP contribution >= 0.6 is 12.2 Å². The second kappa shape index (κ2) is 6.09. The molecule has 5 nitrogen and oxygen atoms in total. The smallest absolute Gasteiger partial charge is 0.413 e. The van der Waals surface area contributed by atoms with Crippen molar-refractivity contribution in [3.63, 3.8) is 0 Å². The van der Waals surface area contributed by atoms with Crippen LogP contribution < -0.4 is 10.6 Å². The van der Waals surface area contributed by atoms with Crippen LogP contribution in [0.4, 0.5) is 15.0 Å². The quantitative estimate of drug-likeness (QED) is 0.793. The normalized spacial score (nSPS) is 9.59. The molecule has 1 aromatic rings. The molecule has 0 aliphatic carbocycles. The molecule has 0 spiro atoms. The van der Waals surface area contributed by atoms with Gasteiger partial charge in [0.05, 0.1) is 6.61 Å². The standard InChI is InChI=1S/C10H12FN3O2S/c1-3-16-10(15)14-9(17)13-8-7(11)4-6(2)5-12-8/h4-5H,3H2,1-2H3,(H2,12,13,14,15,17). The van der Waals surface area contributed by atoms with Gasteiger partial charge in [-0.3, -0.25) is 5.32 Å². The molecule has 1 aromatic heterocycles. The van der Waals surface area contributed by atoms with Gasteiger partial charge in [0.2, 0.25) is 0 Å². The van der Waals surface area contributed by atoms with Crippen LogP contribution in [0.3, 0.4) is 0 Å². The molecule has 0 fully saturated rings. The second-order valence-corrected chi connectivity index (χ2v) is 3.55. The van der Waals surface area contributed by atoms with Gasteiger partial charge in [-0.1, -0.05) is 0 Å². The van der Waals surface area contributed by atoms with Gasteiger partial charge >= 0.3 is 6.09 Å². The molecule has 0 aromatic carbocycles. The van der Waals surface area contributed by atoms with E-state index in [-0.39, 0.29) is 17.5 Å². The summed E-state index contributed by atoms with van der Waals surface area (Å²) in [6.45, 7) is 3.61. The van der Waals surface area contributed by atoms with Crippen LogP contribution in [0.25, 0.3) is 0 Å². The van der Waals surface area contributed by atoms with E-state index >= 15 is 0 Å². The monoisotopic (exact) mass is 257 g/mol. The van der Waals surface area contributed by atoms with E-state index in [2.05, 4.69) is 20.4 Å². The van der Waals surface area contributed by atoms with Gasteiger partial charge in [-0.15, -0.1) is 0 Å². The highest BCUT2D eigenvalue weighted by atomic mass is 32.1. The number of aryl methyl sites for hydroxylation is 1. The first-order chi connectivity index (χ1) is 8.02. The van der Waals surface area contributed by atoms with Crippen LogP contribution in [0.15, 0.2) is 12.3 Å². The fraction of sp³-hybridized carbons (Fsp3) is 0.300. The molecular weight excluding hydrogens is 245 g/mol. The molecule has 0 atom stereocenters. The lowest BCUT2D eigenvalue weighted by Crippen LogP contribution is -2.35. The number of pyridine rings is 1. The van der Waals surface area contributed by atoms with Crippen LogP contribution in [-0.4, -0.2) is 22.8 Å². The number of hydrogen-bond donors (Lipinski definition) is 2. The molecule has 1 heterocycles. The van der Waals surface area contributed by atoms with E-state index in [1.807, 2.05) is 0 Å². The fourth-order valence-electron chi connectivity index (χ4n) is 1.02. The fourth-order valence-corrected chi connectivity index (χ4v) is 1.20. The Morgan fingerprint density at radius 3 is 2.94 bits per heavy atom. The highest BCUT2D eigenvalue weighted by Gasteiger charge is 2.08. The van der Waals surface area contributed by atoms with Crippen LogP contribution in [0.5, 0.6) is 0 Å². The van der Waals surface area contributed by atoms with Gasteiger partial charge in [0, 0.05) is 6.20 Å². The largest absolute Gasteiger partial charge is 0.450 e. The Kier molecular flexibility index (Phi) is 4.77. The average Bonchev–Trinajstić information content (AvgIpc) is 2.22. The predicted molar refractivity (Wildman–Crippen MR) is 65.3 cm³/mol. The second-order valence-electron chi connectivity index (χ2n) is 3.14. The minimum absolute atomic E-state index is 0.0441. The number of halogens is 1. The molecule has 0 unspecified atom stereocenters. The number of ether oxygens (including phenoxy) is 1. The zero-order chi connectivity index (χ0) is 12.8. The lowest BCUT2D eigenvalue weighted by atomic mass is 10.3. The summed E-state index contributed by atoms with van der Waals surface area (Å²) in [7, 11) is 0. The topological polar surface area (TPSA) is 63.2 Å². The number of thiocarbonyl (C=S) groups is 1. The van der Waals surface area contributed by atoms with Crippen molar-refractivity contribution < 1.29 is 13.9 Å². The van der Waals surface area contributed by atoms with Gasteiger partial charge in [-0.2, -0.15) is 0 Å². The Labute approximate surface area is 103 Å². The number of carbonyl (C=O) groups excluding carboxylic acids is 1. The summed E-state index contributed by atoms with van der Waals surface area (Å²) < 4.78 is 18.0. The summed E-state index contributed by atoms with van der Waals surface area (Å²) in [4.78, 5) is 14.8. The number of alkyl carbamates (subject to hydrolysis) is 1. The minimum Gasteiger partial charge on any atom is -0.450 e. The maximum absolute atomic E-state index is 13.4. The lowest BCUT2D eigenvalue weighted by molar-refractivity contribution is 0.158. The molecule has 1 amide bonds. The van der Waals surface area contributed by atoms with Crippen LogP contribution in [0, 0.1) is 12.7 Å². The molecule has 2 N–H and O–H groups in total. The molecule has 0 radical (unpaired) electrons. The third-order valence-corrected chi connectivity index (χ3v) is 1.90. The number of hydrogen-bond acceptors (Lipinski definition) is 4. The Balaban J connectivity index is 2.59. The molecule has 92 valence electrons. The summed E-state index contributed by atoms with van der Waals surface area (Å²) >= 11 is 4.79. The molecular formula is C10H12FN3O2S. The van der Waals surface area contributed by atoms with Crippen molar-refractivity contribution in [2.24, 2.45) is 0 Å². The molecule has 1 rings (SSSR count). The van der Waals surface area contributed by atoms with E-state index in [0.717, 1.165) is 0 Å². The van der Waals surface area contributed by atoms with Crippen LogP contribution in [0.2, 0.25) is 0 Å². The van der Waals surface area contributed by atoms with Gasteiger partial charge in [0.1, 0.15) is 0 Å². The van der Waals surface area contributed by atoms with Gasteiger partial charge in [0.25, 0.3) is 0 Å². The number of nitrogens with zero attached hydrogens (tertiary/aromatic N) is 1. The van der Waals surface area contributed by atoms with E-state index in [4.69, 9.17) is 12.2 Å². The molecule has 7 heteroatoms. The number of nitrogens with one attached hydrogen (secondary N) is 2. The van der Waals surface area contributed by atoms with E-state index in [1.54, 1.807) is 13.8 Å². The number of amides is 1. The summed E-state index contributed by atoms with van der Waals surface area (Å²) in [5, 5.41) is 4.61. The summed E-state index contributed by atoms with van der Waals surface area (Å²) in [5.74, 6) is -0.588. The third-order valence-electron chi connectivity index (χ3n) is 1.70. The zero-order valence-corrected chi connectivity index (χ0v) is 10.2. The van der Waals surface area contributed by atoms with Gasteiger partial charge < -0.3 is 10.1 Å². The number of aromatic nitrogens is 1. The van der Waals surface area contributed by atoms with Gasteiger partial charge in [-0.25, -0.2) is 14.2 Å². The SMILES string of the molecule is CCOC(=O)NC(=S)Nc1ncc(C)cc1F. The Morgan fingerprint density at radius 1 is 1.65 bits per heavy atom. The first kappa shape index (κ1) is 13.3. The highest BCUT2D eigenvalue weighted by Crippen LogP contribution is 2.10. The number of rotatable bonds is 2. The lowest BCUT2D eigenvalue weighted by Gasteiger charge is -2.09. The molecule has 0 bridgehead atoms. The molecule has 0 aliphatic rings. The Bertz CT molecular complexity index is 440. The minimum atomic E-state index is -0.697. The first-order valence-electron chi connectivity index (χ1n) is 4.89. The van der Waals surface area contributed by atoms with E-state index in [0.29, 0.717) is 5.56 Å². The number of carbonyl (C=O) groups is 1.